The van der Waals surface area contributed by atoms with E-state index >= 15 is 0 Å². The summed E-state index contributed by atoms with van der Waals surface area (Å²) >= 11 is 0. The Morgan fingerprint density at radius 3 is 2.29 bits per heavy atom. The molecule has 7 heavy (non-hydrogen) atoms. The van der Waals surface area contributed by atoms with Crippen molar-refractivity contribution in [1.82, 2.24) is 0 Å². The quantitative estimate of drug-likeness (QED) is 0.321. The Morgan fingerprint density at radius 2 is 2.14 bits per heavy atom. The van der Waals surface area contributed by atoms with E-state index in [1.807, 2.05) is 0 Å². The first-order chi connectivity index (χ1) is 2.91. The third-order valence-electron chi connectivity index (χ3n) is 0.697. The normalized spacial score (nSPS) is 7.71. The van der Waals surface area contributed by atoms with Crippen LogP contribution >= 0.6 is 0 Å². The molecule has 0 aromatic rings. The van der Waals surface area contributed by atoms with Crippen molar-refractivity contribution in [2.24, 2.45) is 5.73 Å². The Hall–Kier alpha value is 1.18. The average Bonchev–Trinajstić information content (AvgIpc) is 1.61. The molecule has 0 saturated heterocycles. The van der Waals surface area contributed by atoms with E-state index in [2.05, 4.69) is 6.55 Å². The van der Waals surface area contributed by atoms with Crippen molar-refractivity contribution in [3.63, 3.8) is 0 Å². The van der Waals surface area contributed by atoms with Crippen molar-refractivity contribution in [1.29, 1.82) is 0 Å². The first kappa shape index (κ1) is 11.0. The van der Waals surface area contributed by atoms with Gasteiger partial charge in [0.15, 0.2) is 0 Å². The Kier molecular flexibility index (Phi) is 16.1. The van der Waals surface area contributed by atoms with Gasteiger partial charge in [-0.2, -0.15) is 12.6 Å². The molecule has 1 nitrogen and oxygen atoms in total. The van der Waals surface area contributed by atoms with E-state index < -0.39 is 0 Å². The molecule has 0 amide bonds. The average molecular weight is 125 g/mol. The minimum absolute atomic E-state index is 0. The van der Waals surface area contributed by atoms with Gasteiger partial charge < -0.3 is 5.73 Å². The third kappa shape index (κ3) is 11.0. The first-order valence-electron chi connectivity index (χ1n) is 2.39. The maximum absolute atomic E-state index is 5.23. The largest absolute Gasteiger partial charge is 1.00 e. The van der Waals surface area contributed by atoms with E-state index in [0.717, 1.165) is 6.54 Å². The third-order valence-corrected chi connectivity index (χ3v) is 1.68. The summed E-state index contributed by atoms with van der Waals surface area (Å²) < 4.78 is 0. The van der Waals surface area contributed by atoms with Gasteiger partial charge in [-0.15, -0.1) is 0 Å². The summed E-state index contributed by atoms with van der Waals surface area (Å²) in [6, 6.07) is 1.37. The van der Waals surface area contributed by atoms with Crippen LogP contribution in [0, 0.1) is 0 Å². The molecule has 3 heteroatoms. The van der Waals surface area contributed by atoms with Gasteiger partial charge in [-0.3, -0.25) is 9.52 Å². The van der Waals surface area contributed by atoms with Crippen molar-refractivity contribution in [2.75, 3.05) is 6.54 Å². The molecule has 0 aromatic carbocycles. The monoisotopic (exact) mass is 125 g/mol. The smallest absolute Gasteiger partial charge is 0.331 e. The standard InChI is InChI=1S/C4H12NSi.Na/c1-6-4-2-3-5;/h6H,2-5H2,1H3;/q-1;+1. The molecule has 0 aromatic heterocycles. The van der Waals surface area contributed by atoms with Crippen LogP contribution in [0.5, 0.6) is 0 Å². The summed E-state index contributed by atoms with van der Waals surface area (Å²) in [4.78, 5) is 0. The van der Waals surface area contributed by atoms with Gasteiger partial charge in [-0.05, 0) is 6.54 Å². The van der Waals surface area contributed by atoms with Crippen LogP contribution in [0.1, 0.15) is 6.42 Å². The van der Waals surface area contributed by atoms with Gasteiger partial charge in [0.2, 0.25) is 0 Å². The fourth-order valence-electron chi connectivity index (χ4n) is 0.322. The number of hydrogen-bond donors (Lipinski definition) is 1. The number of rotatable bonds is 3. The topological polar surface area (TPSA) is 26.0 Å². The second kappa shape index (κ2) is 10.2. The van der Waals surface area contributed by atoms with Gasteiger partial charge in [0.05, 0.1) is 0 Å². The maximum Gasteiger partial charge on any atom is 1.00 e. The molecule has 0 atom stereocenters. The van der Waals surface area contributed by atoms with Crippen molar-refractivity contribution in [3.8, 4) is 0 Å². The fraction of sp³-hybridized carbons (Fsp3) is 1.00. The molecule has 0 aliphatic carbocycles. The number of hydrogen-bond acceptors (Lipinski definition) is 1. The van der Waals surface area contributed by atoms with Crippen molar-refractivity contribution in [2.45, 2.75) is 19.0 Å². The van der Waals surface area contributed by atoms with Crippen LogP contribution in [0.3, 0.4) is 0 Å². The molecule has 0 unspecified atom stereocenters. The van der Waals surface area contributed by atoms with E-state index in [9.17, 15) is 0 Å². The van der Waals surface area contributed by atoms with E-state index in [-0.39, 0.29) is 29.6 Å². The zero-order valence-electron chi connectivity index (χ0n) is 5.28. The van der Waals surface area contributed by atoms with Crippen LogP contribution < -0.4 is 35.3 Å². The summed E-state index contributed by atoms with van der Waals surface area (Å²) in [6.45, 7) is 3.14. The predicted molar refractivity (Wildman–Crippen MR) is 31.5 cm³/mol. The minimum Gasteiger partial charge on any atom is -0.331 e. The Morgan fingerprint density at radius 1 is 1.57 bits per heavy atom. The molecule has 0 heterocycles. The zero-order chi connectivity index (χ0) is 4.83. The molecule has 0 spiro atoms. The maximum atomic E-state index is 5.23. The Balaban J connectivity index is 0. The molecule has 0 radical (unpaired) electrons. The Bertz CT molecular complexity index is 23.7. The van der Waals surface area contributed by atoms with Gasteiger partial charge in [0.25, 0.3) is 0 Å². The fourth-order valence-corrected chi connectivity index (χ4v) is 0.966. The summed E-state index contributed by atoms with van der Waals surface area (Å²) in [5.74, 6) is 0. The molecule has 0 rings (SSSR count). The molecule has 0 fully saturated rings. The van der Waals surface area contributed by atoms with E-state index in [0.29, 0.717) is 9.52 Å². The van der Waals surface area contributed by atoms with Crippen LogP contribution in [0.2, 0.25) is 12.6 Å². The van der Waals surface area contributed by atoms with Crippen LogP contribution in [0.4, 0.5) is 0 Å². The summed E-state index contributed by atoms with van der Waals surface area (Å²) in [5, 5.41) is 0. The van der Waals surface area contributed by atoms with Crippen LogP contribution in [-0.4, -0.2) is 16.1 Å². The molecule has 2 N–H and O–H groups in total. The van der Waals surface area contributed by atoms with E-state index in [1.165, 1.54) is 12.5 Å². The Labute approximate surface area is 70.2 Å². The van der Waals surface area contributed by atoms with Gasteiger partial charge >= 0.3 is 29.6 Å². The van der Waals surface area contributed by atoms with Crippen LogP contribution in [-0.2, 0) is 0 Å². The molecular formula is C4H12NNaSi. The van der Waals surface area contributed by atoms with Crippen LogP contribution in [0.25, 0.3) is 0 Å². The van der Waals surface area contributed by atoms with E-state index in [1.54, 1.807) is 0 Å². The number of nitrogens with two attached hydrogens (primary N) is 1. The molecule has 0 bridgehead atoms. The van der Waals surface area contributed by atoms with Gasteiger partial charge in [0, 0.05) is 0 Å². The molecular weight excluding hydrogens is 113 g/mol. The molecule has 0 aliphatic heterocycles. The van der Waals surface area contributed by atoms with Crippen molar-refractivity contribution >= 4 is 9.52 Å². The SMILES string of the molecule is C[SiH-]CCCN.[Na+]. The van der Waals surface area contributed by atoms with Gasteiger partial charge in [0.1, 0.15) is 0 Å². The minimum atomic E-state index is 0. The summed E-state index contributed by atoms with van der Waals surface area (Å²) in [6.07, 6.45) is 1.23. The molecule has 0 saturated carbocycles. The summed E-state index contributed by atoms with van der Waals surface area (Å²) in [7, 11) is 0.704. The van der Waals surface area contributed by atoms with Crippen molar-refractivity contribution in [3.05, 3.63) is 0 Å². The second-order valence-electron chi connectivity index (χ2n) is 1.34. The van der Waals surface area contributed by atoms with Crippen molar-refractivity contribution < 1.29 is 29.6 Å². The van der Waals surface area contributed by atoms with Gasteiger partial charge in [-0.25, -0.2) is 0 Å². The van der Waals surface area contributed by atoms with Crippen LogP contribution in [0.15, 0.2) is 0 Å². The first-order valence-corrected chi connectivity index (χ1v) is 4.37. The van der Waals surface area contributed by atoms with Gasteiger partial charge in [-0.1, -0.05) is 6.42 Å². The van der Waals surface area contributed by atoms with E-state index in [4.69, 9.17) is 5.73 Å². The second-order valence-corrected chi connectivity index (χ2v) is 2.73. The molecule has 38 valence electrons. The zero-order valence-corrected chi connectivity index (χ0v) is 8.43. The molecule has 0 aliphatic rings. The predicted octanol–water partition coefficient (Wildman–Crippen LogP) is -2.76. The summed E-state index contributed by atoms with van der Waals surface area (Å²) in [5.41, 5.74) is 5.23.